The summed E-state index contributed by atoms with van der Waals surface area (Å²) in [5, 5.41) is 3.11. The van der Waals surface area contributed by atoms with E-state index in [0.29, 0.717) is 6.54 Å². The van der Waals surface area contributed by atoms with E-state index < -0.39 is 6.61 Å². The first-order valence-electron chi connectivity index (χ1n) is 8.26. The first-order valence-corrected chi connectivity index (χ1v) is 8.26. The first-order chi connectivity index (χ1) is 12.1. The second-order valence-electron chi connectivity index (χ2n) is 5.90. The Morgan fingerprint density at radius 3 is 2.68 bits per heavy atom. The summed E-state index contributed by atoms with van der Waals surface area (Å²) in [6.07, 6.45) is 1.97. The number of fused-ring (bicyclic) bond motifs is 1. The number of nitrogens with one attached hydrogen (secondary N) is 1. The normalized spacial score (nSPS) is 13.6. The molecule has 0 atom stereocenters. The number of halogens is 2. The number of alkyl halides is 2. The van der Waals surface area contributed by atoms with Crippen LogP contribution in [0.2, 0.25) is 0 Å². The number of anilines is 1. The van der Waals surface area contributed by atoms with Crippen molar-refractivity contribution in [2.24, 2.45) is 0 Å². The maximum atomic E-state index is 12.5. The summed E-state index contributed by atoms with van der Waals surface area (Å²) in [5.41, 5.74) is 3.10. The van der Waals surface area contributed by atoms with E-state index in [4.69, 9.17) is 0 Å². The third kappa shape index (κ3) is 4.54. The molecule has 2 aromatic carbocycles. The molecule has 1 N–H and O–H groups in total. The minimum absolute atomic E-state index is 0.0322. The van der Waals surface area contributed by atoms with Crippen LogP contribution in [0.3, 0.4) is 0 Å². The van der Waals surface area contributed by atoms with Gasteiger partial charge in [0, 0.05) is 18.8 Å². The Bertz CT molecular complexity index is 720. The van der Waals surface area contributed by atoms with Crippen molar-refractivity contribution in [2.45, 2.75) is 26.0 Å². The van der Waals surface area contributed by atoms with Crippen LogP contribution in [0, 0.1) is 0 Å². The van der Waals surface area contributed by atoms with E-state index >= 15 is 0 Å². The zero-order valence-electron chi connectivity index (χ0n) is 13.8. The van der Waals surface area contributed by atoms with Crippen LogP contribution in [-0.2, 0) is 17.8 Å². The van der Waals surface area contributed by atoms with Crippen molar-refractivity contribution >= 4 is 11.6 Å². The summed E-state index contributed by atoms with van der Waals surface area (Å²) in [5.74, 6) is 0.157. The summed E-state index contributed by atoms with van der Waals surface area (Å²) >= 11 is 0. The van der Waals surface area contributed by atoms with E-state index in [-0.39, 0.29) is 18.2 Å². The molecule has 132 valence electrons. The predicted octanol–water partition coefficient (Wildman–Crippen LogP) is 3.36. The van der Waals surface area contributed by atoms with Gasteiger partial charge in [0.05, 0.1) is 6.54 Å². The molecule has 0 aliphatic carbocycles. The van der Waals surface area contributed by atoms with E-state index in [1.165, 1.54) is 17.7 Å². The zero-order valence-corrected chi connectivity index (χ0v) is 13.8. The fraction of sp³-hybridized carbons (Fsp3) is 0.316. The Kier molecular flexibility index (Phi) is 5.60. The molecule has 2 aromatic rings. The monoisotopic (exact) mass is 346 g/mol. The third-order valence-electron chi connectivity index (χ3n) is 4.17. The quantitative estimate of drug-likeness (QED) is 0.872. The van der Waals surface area contributed by atoms with Gasteiger partial charge in [-0.25, -0.2) is 0 Å². The average molecular weight is 346 g/mol. The van der Waals surface area contributed by atoms with Crippen LogP contribution >= 0.6 is 0 Å². The van der Waals surface area contributed by atoms with Crippen LogP contribution < -0.4 is 15.0 Å². The highest BCUT2D eigenvalue weighted by molar-refractivity contribution is 5.95. The molecule has 0 radical (unpaired) electrons. The number of carbonyl (C=O) groups excluding carboxylic acids is 1. The molecule has 0 saturated heterocycles. The lowest BCUT2D eigenvalue weighted by Crippen LogP contribution is -2.41. The molecule has 0 spiro atoms. The highest BCUT2D eigenvalue weighted by Crippen LogP contribution is 2.26. The summed E-state index contributed by atoms with van der Waals surface area (Å²) in [6, 6.07) is 14.4. The molecule has 1 aliphatic rings. The molecule has 1 heterocycles. The lowest BCUT2D eigenvalue weighted by atomic mass is 10.0. The van der Waals surface area contributed by atoms with E-state index in [1.807, 2.05) is 23.1 Å². The van der Waals surface area contributed by atoms with Crippen LogP contribution in [0.4, 0.5) is 14.5 Å². The maximum absolute atomic E-state index is 12.5. The molecule has 0 aromatic heterocycles. The van der Waals surface area contributed by atoms with Crippen LogP contribution in [-0.4, -0.2) is 25.6 Å². The SMILES string of the molecule is O=C(CNCc1ccc(OC(F)F)cc1)N1CCCc2ccccc21. The van der Waals surface area contributed by atoms with Gasteiger partial charge in [0.15, 0.2) is 0 Å². The molecular weight excluding hydrogens is 326 g/mol. The van der Waals surface area contributed by atoms with Gasteiger partial charge >= 0.3 is 6.61 Å². The van der Waals surface area contributed by atoms with Gasteiger partial charge in [-0.15, -0.1) is 0 Å². The van der Waals surface area contributed by atoms with Crippen molar-refractivity contribution in [1.82, 2.24) is 5.32 Å². The molecule has 0 bridgehead atoms. The fourth-order valence-electron chi connectivity index (χ4n) is 2.99. The number of ether oxygens (including phenoxy) is 1. The van der Waals surface area contributed by atoms with Gasteiger partial charge in [0.1, 0.15) is 5.75 Å². The Morgan fingerprint density at radius 1 is 1.16 bits per heavy atom. The number of nitrogens with zero attached hydrogens (tertiary/aromatic N) is 1. The number of carbonyl (C=O) groups is 1. The maximum Gasteiger partial charge on any atom is 0.387 e. The Morgan fingerprint density at radius 2 is 1.92 bits per heavy atom. The van der Waals surface area contributed by atoms with E-state index in [9.17, 15) is 13.6 Å². The number of benzene rings is 2. The van der Waals surface area contributed by atoms with Gasteiger partial charge in [-0.2, -0.15) is 8.78 Å². The molecule has 1 amide bonds. The van der Waals surface area contributed by atoms with E-state index in [1.54, 1.807) is 12.1 Å². The highest BCUT2D eigenvalue weighted by Gasteiger charge is 2.21. The summed E-state index contributed by atoms with van der Waals surface area (Å²) in [7, 11) is 0. The molecule has 0 saturated carbocycles. The number of para-hydroxylation sites is 1. The Hall–Kier alpha value is -2.47. The molecule has 25 heavy (non-hydrogen) atoms. The van der Waals surface area contributed by atoms with E-state index in [0.717, 1.165) is 30.6 Å². The summed E-state index contributed by atoms with van der Waals surface area (Å²) in [4.78, 5) is 14.3. The molecule has 0 unspecified atom stereocenters. The Labute approximate surface area is 145 Å². The minimum Gasteiger partial charge on any atom is -0.435 e. The zero-order chi connectivity index (χ0) is 17.6. The van der Waals surface area contributed by atoms with Gasteiger partial charge in [-0.1, -0.05) is 30.3 Å². The second kappa shape index (κ2) is 8.07. The van der Waals surface area contributed by atoms with Gasteiger partial charge < -0.3 is 15.0 Å². The first kappa shape index (κ1) is 17.4. The van der Waals surface area contributed by atoms with Gasteiger partial charge in [-0.05, 0) is 42.2 Å². The summed E-state index contributed by atoms with van der Waals surface area (Å²) in [6.45, 7) is -1.38. The standard InChI is InChI=1S/C19H20F2N2O2/c20-19(21)25-16-9-7-14(8-10-16)12-22-13-18(24)23-11-3-5-15-4-1-2-6-17(15)23/h1-2,4,6-10,19,22H,3,5,11-13H2. The molecule has 6 heteroatoms. The van der Waals surface area contributed by atoms with Crippen molar-refractivity contribution < 1.29 is 18.3 Å². The van der Waals surface area contributed by atoms with Gasteiger partial charge in [-0.3, -0.25) is 4.79 Å². The van der Waals surface area contributed by atoms with Gasteiger partial charge in [0.2, 0.25) is 5.91 Å². The smallest absolute Gasteiger partial charge is 0.387 e. The van der Waals surface area contributed by atoms with Crippen LogP contribution in [0.25, 0.3) is 0 Å². The number of amides is 1. The van der Waals surface area contributed by atoms with E-state index in [2.05, 4.69) is 16.1 Å². The number of hydrogen-bond donors (Lipinski definition) is 1. The molecule has 4 nitrogen and oxygen atoms in total. The van der Waals surface area contributed by atoms with Crippen molar-refractivity contribution in [3.8, 4) is 5.75 Å². The topological polar surface area (TPSA) is 41.6 Å². The van der Waals surface area contributed by atoms with Crippen molar-refractivity contribution in [2.75, 3.05) is 18.0 Å². The van der Waals surface area contributed by atoms with Crippen LogP contribution in [0.15, 0.2) is 48.5 Å². The summed E-state index contributed by atoms with van der Waals surface area (Å²) < 4.78 is 28.5. The molecule has 1 aliphatic heterocycles. The van der Waals surface area contributed by atoms with Crippen molar-refractivity contribution in [3.05, 3.63) is 59.7 Å². The van der Waals surface area contributed by atoms with Gasteiger partial charge in [0.25, 0.3) is 0 Å². The predicted molar refractivity (Wildman–Crippen MR) is 91.9 cm³/mol. The average Bonchev–Trinajstić information content (AvgIpc) is 2.62. The molecule has 3 rings (SSSR count). The Balaban J connectivity index is 1.52. The third-order valence-corrected chi connectivity index (χ3v) is 4.17. The highest BCUT2D eigenvalue weighted by atomic mass is 19.3. The van der Waals surface area contributed by atoms with Crippen molar-refractivity contribution in [3.63, 3.8) is 0 Å². The number of aryl methyl sites for hydroxylation is 1. The molecular formula is C19H20F2N2O2. The number of hydrogen-bond acceptors (Lipinski definition) is 3. The second-order valence-corrected chi connectivity index (χ2v) is 5.90. The minimum atomic E-state index is -2.82. The molecule has 0 fully saturated rings. The van der Waals surface area contributed by atoms with Crippen LogP contribution in [0.1, 0.15) is 17.5 Å². The van der Waals surface area contributed by atoms with Crippen molar-refractivity contribution in [1.29, 1.82) is 0 Å². The lowest BCUT2D eigenvalue weighted by molar-refractivity contribution is -0.117. The lowest BCUT2D eigenvalue weighted by Gasteiger charge is -2.29. The number of rotatable bonds is 6. The largest absolute Gasteiger partial charge is 0.435 e. The van der Waals surface area contributed by atoms with Crippen LogP contribution in [0.5, 0.6) is 5.75 Å². The fourth-order valence-corrected chi connectivity index (χ4v) is 2.99.